The second-order valence-corrected chi connectivity index (χ2v) is 13.0. The predicted molar refractivity (Wildman–Crippen MR) is 140 cm³/mol. The summed E-state index contributed by atoms with van der Waals surface area (Å²) in [5, 5.41) is 1.38. The molecule has 3 atom stereocenters. The Labute approximate surface area is 203 Å². The molecule has 0 aliphatic heterocycles. The van der Waals surface area contributed by atoms with Crippen molar-refractivity contribution in [1.29, 1.82) is 0 Å². The summed E-state index contributed by atoms with van der Waals surface area (Å²) in [7, 11) is -3.16. The molecule has 178 valence electrons. The lowest BCUT2D eigenvalue weighted by Crippen LogP contribution is -2.44. The topological polar surface area (TPSA) is 43.4 Å². The quantitative estimate of drug-likeness (QED) is 0.297. The molecule has 4 rings (SSSR count). The fourth-order valence-electron chi connectivity index (χ4n) is 5.42. The highest BCUT2D eigenvalue weighted by atomic mass is 31.2. The summed E-state index contributed by atoms with van der Waals surface area (Å²) in [5.74, 6) is 0.336. The van der Waals surface area contributed by atoms with E-state index in [1.165, 1.54) is 5.56 Å². The van der Waals surface area contributed by atoms with Gasteiger partial charge in [0, 0.05) is 16.5 Å². The Bertz CT molecular complexity index is 1080. The van der Waals surface area contributed by atoms with Crippen LogP contribution in [0.4, 0.5) is 0 Å². The maximum atomic E-state index is 14.3. The summed E-state index contributed by atoms with van der Waals surface area (Å²) in [4.78, 5) is 13.4. The van der Waals surface area contributed by atoms with Gasteiger partial charge in [0.25, 0.3) is 0 Å². The van der Waals surface area contributed by atoms with Crippen molar-refractivity contribution in [3.63, 3.8) is 0 Å². The molecule has 0 amide bonds. The minimum Gasteiger partial charge on any atom is -0.462 e. The van der Waals surface area contributed by atoms with Crippen LogP contribution in [0, 0.1) is 11.8 Å². The van der Waals surface area contributed by atoms with Gasteiger partial charge in [0.1, 0.15) is 12.3 Å². The summed E-state index contributed by atoms with van der Waals surface area (Å²) >= 11 is 0. The Morgan fingerprint density at radius 2 is 1.35 bits per heavy atom. The van der Waals surface area contributed by atoms with Crippen molar-refractivity contribution < 1.29 is 14.1 Å². The van der Waals surface area contributed by atoms with Crippen LogP contribution >= 0.6 is 7.14 Å². The molecule has 0 N–H and O–H groups in total. The summed E-state index contributed by atoms with van der Waals surface area (Å²) in [6.45, 7) is 6.73. The number of hydrogen-bond acceptors (Lipinski definition) is 3. The van der Waals surface area contributed by atoms with Gasteiger partial charge in [-0.15, -0.1) is 0 Å². The van der Waals surface area contributed by atoms with Gasteiger partial charge in [-0.2, -0.15) is 0 Å². The minimum atomic E-state index is -3.16. The molecule has 1 aliphatic carbocycles. The van der Waals surface area contributed by atoms with Crippen LogP contribution in [0.25, 0.3) is 0 Å². The molecule has 1 aliphatic rings. The Hall–Kier alpha value is -2.64. The molecular formula is C30H35O3P. The number of benzene rings is 3. The lowest BCUT2D eigenvalue weighted by molar-refractivity contribution is -0.153. The van der Waals surface area contributed by atoms with E-state index in [9.17, 15) is 9.36 Å². The number of hydrogen-bond donors (Lipinski definition) is 0. The standard InChI is InChI=1S/C30H35O3P/c1-23-19-20-27(30(2,3)24-13-7-4-8-14-24)28(21-23)33-29(31)22-34(32,25-15-9-5-10-16-25)26-17-11-6-12-18-26/h4-18,23,27-28H,19-22H2,1-3H3/t23-,27-,28-/m1/s1. The van der Waals surface area contributed by atoms with Gasteiger partial charge in [0.15, 0.2) is 7.14 Å². The third-order valence-corrected chi connectivity index (χ3v) is 10.4. The lowest BCUT2D eigenvalue weighted by atomic mass is 9.64. The number of rotatable bonds is 7. The van der Waals surface area contributed by atoms with Crippen molar-refractivity contribution in [2.24, 2.45) is 11.8 Å². The van der Waals surface area contributed by atoms with Gasteiger partial charge in [-0.3, -0.25) is 4.79 Å². The van der Waals surface area contributed by atoms with Crippen LogP contribution < -0.4 is 10.6 Å². The van der Waals surface area contributed by atoms with E-state index in [0.717, 1.165) is 19.3 Å². The molecule has 0 radical (unpaired) electrons. The van der Waals surface area contributed by atoms with Crippen LogP contribution in [0.15, 0.2) is 91.0 Å². The zero-order valence-corrected chi connectivity index (χ0v) is 21.3. The van der Waals surface area contributed by atoms with Crippen molar-refractivity contribution in [1.82, 2.24) is 0 Å². The molecule has 0 spiro atoms. The third-order valence-electron chi connectivity index (χ3n) is 7.48. The smallest absolute Gasteiger partial charge is 0.314 e. The largest absolute Gasteiger partial charge is 0.462 e. The number of esters is 1. The summed E-state index contributed by atoms with van der Waals surface area (Å²) in [6.07, 6.45) is 2.67. The van der Waals surface area contributed by atoms with Gasteiger partial charge < -0.3 is 9.30 Å². The SMILES string of the molecule is C[C@@H]1CC[C@@H](C(C)(C)c2ccccc2)[C@H](OC(=O)CP(=O)(c2ccccc2)c2ccccc2)C1. The molecule has 0 aromatic heterocycles. The first-order valence-corrected chi connectivity index (χ1v) is 14.1. The molecule has 0 bridgehead atoms. The fourth-order valence-corrected chi connectivity index (χ4v) is 7.83. The maximum absolute atomic E-state index is 14.3. The van der Waals surface area contributed by atoms with Crippen LogP contribution in [0.5, 0.6) is 0 Å². The molecule has 4 heteroatoms. The number of ether oxygens (including phenoxy) is 1. The fraction of sp³-hybridized carbons (Fsp3) is 0.367. The Balaban J connectivity index is 1.59. The van der Waals surface area contributed by atoms with E-state index in [4.69, 9.17) is 4.74 Å². The predicted octanol–water partition coefficient (Wildman–Crippen LogP) is 6.33. The molecule has 1 saturated carbocycles. The second kappa shape index (κ2) is 10.3. The van der Waals surface area contributed by atoms with Gasteiger partial charge in [0.2, 0.25) is 0 Å². The van der Waals surface area contributed by atoms with Gasteiger partial charge >= 0.3 is 5.97 Å². The van der Waals surface area contributed by atoms with Crippen LogP contribution in [-0.2, 0) is 19.5 Å². The van der Waals surface area contributed by atoms with Gasteiger partial charge in [-0.1, -0.05) is 118 Å². The zero-order valence-electron chi connectivity index (χ0n) is 20.4. The van der Waals surface area contributed by atoms with Crippen molar-refractivity contribution in [3.05, 3.63) is 96.6 Å². The first-order chi connectivity index (χ1) is 16.3. The van der Waals surface area contributed by atoms with Gasteiger partial charge in [-0.25, -0.2) is 0 Å². The molecule has 0 unspecified atom stereocenters. The third kappa shape index (κ3) is 5.20. The van der Waals surface area contributed by atoms with Crippen LogP contribution in [0.3, 0.4) is 0 Å². The molecule has 0 heterocycles. The van der Waals surface area contributed by atoms with Crippen LogP contribution in [0.1, 0.15) is 45.6 Å². The van der Waals surface area contributed by atoms with E-state index >= 15 is 0 Å². The van der Waals surface area contributed by atoms with E-state index in [0.29, 0.717) is 16.5 Å². The number of carbonyl (C=O) groups is 1. The average Bonchev–Trinajstić information content (AvgIpc) is 2.85. The Morgan fingerprint density at radius 1 is 0.853 bits per heavy atom. The van der Waals surface area contributed by atoms with Crippen molar-refractivity contribution in [2.45, 2.75) is 51.6 Å². The maximum Gasteiger partial charge on any atom is 0.314 e. The van der Waals surface area contributed by atoms with Crippen molar-refractivity contribution in [2.75, 3.05) is 6.16 Å². The van der Waals surface area contributed by atoms with E-state index in [1.54, 1.807) is 0 Å². The lowest BCUT2D eigenvalue weighted by Gasteiger charge is -2.44. The van der Waals surface area contributed by atoms with Crippen molar-refractivity contribution in [3.8, 4) is 0 Å². The normalized spacial score (nSPS) is 21.1. The molecule has 3 aromatic rings. The van der Waals surface area contributed by atoms with Gasteiger partial charge in [0.05, 0.1) is 0 Å². The highest BCUT2D eigenvalue weighted by molar-refractivity contribution is 7.79. The molecule has 1 fully saturated rings. The first kappa shape index (κ1) is 24.5. The monoisotopic (exact) mass is 474 g/mol. The zero-order chi connectivity index (χ0) is 24.2. The number of carbonyl (C=O) groups excluding carboxylic acids is 1. The van der Waals surface area contributed by atoms with E-state index in [1.807, 2.05) is 66.7 Å². The average molecular weight is 475 g/mol. The van der Waals surface area contributed by atoms with E-state index in [2.05, 4.69) is 45.0 Å². The summed E-state index contributed by atoms with van der Waals surface area (Å²) in [5.41, 5.74) is 1.13. The molecule has 3 nitrogen and oxygen atoms in total. The molecule has 3 aromatic carbocycles. The minimum absolute atomic E-state index is 0.121. The Morgan fingerprint density at radius 3 is 1.88 bits per heavy atom. The Kier molecular flexibility index (Phi) is 7.43. The summed E-state index contributed by atoms with van der Waals surface area (Å²) in [6, 6.07) is 29.2. The van der Waals surface area contributed by atoms with E-state index in [-0.39, 0.29) is 29.6 Å². The molecular weight excluding hydrogens is 439 g/mol. The molecule has 0 saturated heterocycles. The van der Waals surface area contributed by atoms with Gasteiger partial charge in [-0.05, 0) is 29.7 Å². The highest BCUT2D eigenvalue weighted by Gasteiger charge is 2.42. The molecule has 34 heavy (non-hydrogen) atoms. The van der Waals surface area contributed by atoms with Crippen LogP contribution in [-0.4, -0.2) is 18.2 Å². The van der Waals surface area contributed by atoms with Crippen LogP contribution in [0.2, 0.25) is 0 Å². The highest BCUT2D eigenvalue weighted by Crippen LogP contribution is 2.46. The van der Waals surface area contributed by atoms with E-state index < -0.39 is 7.14 Å². The first-order valence-electron chi connectivity index (χ1n) is 12.3. The van der Waals surface area contributed by atoms with Crippen molar-refractivity contribution >= 4 is 23.7 Å². The second-order valence-electron chi connectivity index (χ2n) is 10.2. The summed E-state index contributed by atoms with van der Waals surface area (Å²) < 4.78 is 20.5.